The lowest BCUT2D eigenvalue weighted by molar-refractivity contribution is -0.137. The standard InChI is InChI=1S/C46H77N3O11/c1-38-25-27-39(28-26-38)46(56)48-29-17-16-23-42(45(47)55)49-43(52)37-60-35-33-58-31-19-22-41(51)36-59-34-32-57-30-18-21-40(50)20-14-12-10-8-6-4-2-3-5-7-9-11-13-15-24-44(53)54/h25-28,42H,2-24,29-37H2,1H3,(H2,47,55)(H,48,56)(H,49,52)(H,53,54)/t42-/m0/s1. The Labute approximate surface area is 359 Å². The van der Waals surface area contributed by atoms with Crippen LogP contribution in [0.15, 0.2) is 24.3 Å². The maximum absolute atomic E-state index is 12.2. The molecule has 0 aliphatic carbocycles. The highest BCUT2D eigenvalue weighted by Gasteiger charge is 2.18. The molecule has 1 rings (SSSR count). The number of carbonyl (C=O) groups excluding carboxylic acids is 5. The number of nitrogens with one attached hydrogen (secondary N) is 2. The third-order valence-electron chi connectivity index (χ3n) is 10.0. The van der Waals surface area contributed by atoms with E-state index in [2.05, 4.69) is 10.6 Å². The Morgan fingerprint density at radius 3 is 1.55 bits per heavy atom. The first-order valence-corrected chi connectivity index (χ1v) is 22.6. The summed E-state index contributed by atoms with van der Waals surface area (Å²) in [4.78, 5) is 70.9. The van der Waals surface area contributed by atoms with E-state index >= 15 is 0 Å². The van der Waals surface area contributed by atoms with E-state index in [1.54, 1.807) is 12.1 Å². The summed E-state index contributed by atoms with van der Waals surface area (Å²) >= 11 is 0. The van der Waals surface area contributed by atoms with Crippen molar-refractivity contribution >= 4 is 35.3 Å². The molecular formula is C46H77N3O11. The molecule has 1 atom stereocenters. The fourth-order valence-electron chi connectivity index (χ4n) is 6.45. The largest absolute Gasteiger partial charge is 0.481 e. The number of hydrogen-bond acceptors (Lipinski definition) is 10. The van der Waals surface area contributed by atoms with Gasteiger partial charge in [0, 0.05) is 51.0 Å². The van der Waals surface area contributed by atoms with Gasteiger partial charge in [0.2, 0.25) is 11.8 Å². The number of carbonyl (C=O) groups is 6. The molecule has 0 aliphatic rings. The molecule has 14 nitrogen and oxygen atoms in total. The van der Waals surface area contributed by atoms with Gasteiger partial charge in [-0.05, 0) is 64.0 Å². The molecule has 342 valence electrons. The molecule has 1 aromatic rings. The number of nitrogens with two attached hydrogens (primary N) is 1. The van der Waals surface area contributed by atoms with Crippen molar-refractivity contribution in [1.29, 1.82) is 0 Å². The van der Waals surface area contributed by atoms with E-state index in [9.17, 15) is 28.8 Å². The van der Waals surface area contributed by atoms with Crippen LogP contribution in [0.3, 0.4) is 0 Å². The number of carboxylic acids is 1. The maximum atomic E-state index is 12.2. The van der Waals surface area contributed by atoms with E-state index in [1.165, 1.54) is 57.8 Å². The van der Waals surface area contributed by atoms with Gasteiger partial charge < -0.3 is 40.4 Å². The molecule has 0 heterocycles. The van der Waals surface area contributed by atoms with Crippen molar-refractivity contribution in [3.05, 3.63) is 35.4 Å². The molecule has 1 aromatic carbocycles. The number of Topliss-reactive ketones (excluding diaryl/α,β-unsaturated/α-hetero) is 2. The van der Waals surface area contributed by atoms with Gasteiger partial charge in [0.25, 0.3) is 5.91 Å². The maximum Gasteiger partial charge on any atom is 0.303 e. The minimum atomic E-state index is -0.831. The second kappa shape index (κ2) is 38.2. The van der Waals surface area contributed by atoms with Gasteiger partial charge in [-0.1, -0.05) is 94.7 Å². The van der Waals surface area contributed by atoms with Crippen molar-refractivity contribution in [3.63, 3.8) is 0 Å². The molecule has 0 aromatic heterocycles. The number of benzene rings is 1. The zero-order valence-electron chi connectivity index (χ0n) is 36.6. The summed E-state index contributed by atoms with van der Waals surface area (Å²) in [7, 11) is 0. The highest BCUT2D eigenvalue weighted by molar-refractivity contribution is 5.94. The fourth-order valence-corrected chi connectivity index (χ4v) is 6.45. The second-order valence-electron chi connectivity index (χ2n) is 15.6. The highest BCUT2D eigenvalue weighted by atomic mass is 16.5. The lowest BCUT2D eigenvalue weighted by Crippen LogP contribution is -2.45. The molecule has 14 heteroatoms. The lowest BCUT2D eigenvalue weighted by Gasteiger charge is -2.15. The van der Waals surface area contributed by atoms with Crippen LogP contribution < -0.4 is 16.4 Å². The smallest absolute Gasteiger partial charge is 0.303 e. The molecule has 0 spiro atoms. The van der Waals surface area contributed by atoms with Crippen LogP contribution in [0.5, 0.6) is 0 Å². The zero-order chi connectivity index (χ0) is 43.9. The molecule has 0 aliphatic heterocycles. The quantitative estimate of drug-likeness (QED) is 0.0494. The minimum Gasteiger partial charge on any atom is -0.481 e. The molecule has 0 unspecified atom stereocenters. The average Bonchev–Trinajstić information content (AvgIpc) is 3.21. The zero-order valence-corrected chi connectivity index (χ0v) is 36.6. The van der Waals surface area contributed by atoms with Crippen LogP contribution >= 0.6 is 0 Å². The topological polar surface area (TPSA) is 210 Å². The summed E-state index contributed by atoms with van der Waals surface area (Å²) in [5.74, 6) is -1.69. The molecule has 0 radical (unpaired) electrons. The highest BCUT2D eigenvalue weighted by Crippen LogP contribution is 2.14. The summed E-state index contributed by atoms with van der Waals surface area (Å²) in [6.45, 7) is 4.12. The van der Waals surface area contributed by atoms with Gasteiger partial charge >= 0.3 is 5.97 Å². The molecule has 0 fully saturated rings. The van der Waals surface area contributed by atoms with Gasteiger partial charge in [-0.3, -0.25) is 28.8 Å². The minimum absolute atomic E-state index is 0.0108. The predicted octanol–water partition coefficient (Wildman–Crippen LogP) is 6.96. The van der Waals surface area contributed by atoms with Gasteiger partial charge in [-0.2, -0.15) is 0 Å². The van der Waals surface area contributed by atoms with Gasteiger partial charge in [-0.25, -0.2) is 0 Å². The molecule has 0 bridgehead atoms. The van der Waals surface area contributed by atoms with Crippen LogP contribution in [0, 0.1) is 6.92 Å². The van der Waals surface area contributed by atoms with Crippen molar-refractivity contribution in [1.82, 2.24) is 10.6 Å². The number of rotatable bonds is 43. The van der Waals surface area contributed by atoms with Gasteiger partial charge in [0.05, 0.1) is 26.4 Å². The van der Waals surface area contributed by atoms with Crippen molar-refractivity contribution in [3.8, 4) is 0 Å². The Balaban J connectivity index is 1.85. The van der Waals surface area contributed by atoms with E-state index in [0.717, 1.165) is 37.7 Å². The fraction of sp³-hybridized carbons (Fsp3) is 0.739. The summed E-state index contributed by atoms with van der Waals surface area (Å²) in [5, 5.41) is 14.1. The Morgan fingerprint density at radius 1 is 0.550 bits per heavy atom. The van der Waals surface area contributed by atoms with Crippen molar-refractivity contribution in [2.45, 2.75) is 161 Å². The van der Waals surface area contributed by atoms with Crippen molar-refractivity contribution in [2.75, 3.05) is 59.4 Å². The molecule has 3 amide bonds. The van der Waals surface area contributed by atoms with E-state index in [0.29, 0.717) is 102 Å². The first-order valence-electron chi connectivity index (χ1n) is 22.6. The lowest BCUT2D eigenvalue weighted by atomic mass is 10.0. The van der Waals surface area contributed by atoms with Crippen LogP contribution in [-0.4, -0.2) is 106 Å². The number of ether oxygens (including phenoxy) is 4. The monoisotopic (exact) mass is 848 g/mol. The Bertz CT molecular complexity index is 1310. The van der Waals surface area contributed by atoms with Gasteiger partial charge in [0.15, 0.2) is 5.78 Å². The number of unbranched alkanes of at least 4 members (excludes halogenated alkanes) is 14. The van der Waals surface area contributed by atoms with E-state index in [1.807, 2.05) is 19.1 Å². The Hall–Kier alpha value is -3.72. The number of hydrogen-bond donors (Lipinski definition) is 4. The number of carboxylic acid groups (broad SMARTS) is 1. The van der Waals surface area contributed by atoms with Crippen LogP contribution in [0.4, 0.5) is 0 Å². The molecule has 0 saturated carbocycles. The Kier molecular flexibility index (Phi) is 34.6. The predicted molar refractivity (Wildman–Crippen MR) is 232 cm³/mol. The number of amides is 3. The van der Waals surface area contributed by atoms with Gasteiger partial charge in [0.1, 0.15) is 25.0 Å². The second-order valence-corrected chi connectivity index (χ2v) is 15.6. The number of aryl methyl sites for hydroxylation is 1. The van der Waals surface area contributed by atoms with Crippen LogP contribution in [-0.2, 0) is 42.9 Å². The Morgan fingerprint density at radius 2 is 1.02 bits per heavy atom. The average molecular weight is 848 g/mol. The van der Waals surface area contributed by atoms with Crippen LogP contribution in [0.2, 0.25) is 0 Å². The first-order chi connectivity index (χ1) is 29.1. The molecular weight excluding hydrogens is 771 g/mol. The molecule has 5 N–H and O–H groups in total. The van der Waals surface area contributed by atoms with Crippen LogP contribution in [0.1, 0.15) is 164 Å². The normalized spacial score (nSPS) is 11.6. The van der Waals surface area contributed by atoms with Crippen molar-refractivity contribution in [2.24, 2.45) is 5.73 Å². The number of aliphatic carboxylic acids is 1. The number of ketones is 2. The summed E-state index contributed by atoms with van der Waals surface area (Å²) < 4.78 is 21.7. The summed E-state index contributed by atoms with van der Waals surface area (Å²) in [6.07, 6.45) is 20.9. The molecule has 60 heavy (non-hydrogen) atoms. The van der Waals surface area contributed by atoms with E-state index in [4.69, 9.17) is 29.8 Å². The third kappa shape index (κ3) is 34.0. The van der Waals surface area contributed by atoms with Gasteiger partial charge in [-0.15, -0.1) is 0 Å². The molecule has 0 saturated heterocycles. The summed E-state index contributed by atoms with van der Waals surface area (Å²) in [6, 6.07) is 6.45. The summed E-state index contributed by atoms with van der Waals surface area (Å²) in [5.41, 5.74) is 7.11. The SMILES string of the molecule is Cc1ccc(C(=O)NCCCC[C@H](NC(=O)COCCOCCCC(=O)COCCOCCCC(=O)CCCCCCCCCCCCCCCCC(=O)O)C(N)=O)cc1. The van der Waals surface area contributed by atoms with E-state index < -0.39 is 23.8 Å². The first kappa shape index (κ1) is 54.3. The third-order valence-corrected chi connectivity index (χ3v) is 10.0. The van der Waals surface area contributed by atoms with E-state index in [-0.39, 0.29) is 38.1 Å². The number of primary amides is 1. The van der Waals surface area contributed by atoms with Crippen molar-refractivity contribution < 1.29 is 52.8 Å². The van der Waals surface area contributed by atoms with Crippen LogP contribution in [0.25, 0.3) is 0 Å².